The van der Waals surface area contributed by atoms with Gasteiger partial charge >= 0.3 is 0 Å². The summed E-state index contributed by atoms with van der Waals surface area (Å²) >= 11 is 0. The molecular weight excluding hydrogens is 406 g/mol. The molecule has 0 amide bonds. The summed E-state index contributed by atoms with van der Waals surface area (Å²) < 4.78 is 7.38. The molecule has 3 aliphatic carbocycles. The van der Waals surface area contributed by atoms with Gasteiger partial charge in [0.05, 0.1) is 23.6 Å². The number of allylic oxidation sites excluding steroid dienone is 3. The summed E-state index contributed by atoms with van der Waals surface area (Å²) in [5, 5.41) is 10.5. The summed E-state index contributed by atoms with van der Waals surface area (Å²) in [5.41, 5.74) is 5.83. The van der Waals surface area contributed by atoms with Gasteiger partial charge in [0.15, 0.2) is 0 Å². The molecule has 170 valence electrons. The molecule has 2 spiro atoms. The molecule has 1 unspecified atom stereocenters. The minimum atomic E-state index is -0.120. The number of aromatic nitrogens is 2. The molecule has 2 aromatic rings. The minimum absolute atomic E-state index is 0.0346. The molecule has 2 bridgehead atoms. The average molecular weight is 440 g/mol. The number of hydrogen-bond donors (Lipinski definition) is 0. The van der Waals surface area contributed by atoms with Crippen LogP contribution in [-0.4, -0.2) is 46.4 Å². The number of nitrogens with zero attached hydrogens (tertiary/aromatic N) is 3. The second kappa shape index (κ2) is 6.64. The standard InChI is InChI=1S/C29H33N3O/c1-27-11-10-23-15-22-6-7-24(32(2)3)16-28(22)12-13-29(23,33-28)26(27)9-8-25(27)19-4-5-20-17-30-31-18-21(20)14-19/h4-5,8,10,14-15,17-18,24,26H,6-7,9,11-13,16H2,1-3H3/t24-,26+,27+,28+,29?/m0/s1. The molecule has 0 N–H and O–H groups in total. The van der Waals surface area contributed by atoms with Crippen LogP contribution in [0.3, 0.4) is 0 Å². The van der Waals surface area contributed by atoms with Gasteiger partial charge in [-0.2, -0.15) is 10.2 Å². The van der Waals surface area contributed by atoms with Crippen molar-refractivity contribution >= 4 is 16.3 Å². The van der Waals surface area contributed by atoms with Crippen LogP contribution in [-0.2, 0) is 4.74 Å². The largest absolute Gasteiger partial charge is 0.359 e. The van der Waals surface area contributed by atoms with Gasteiger partial charge in [0, 0.05) is 28.1 Å². The van der Waals surface area contributed by atoms with Gasteiger partial charge in [-0.1, -0.05) is 37.3 Å². The molecule has 5 atom stereocenters. The lowest BCUT2D eigenvalue weighted by Gasteiger charge is -2.54. The lowest BCUT2D eigenvalue weighted by Crippen LogP contribution is -2.54. The van der Waals surface area contributed by atoms with Crippen LogP contribution in [0.25, 0.3) is 16.3 Å². The molecule has 4 heteroatoms. The predicted octanol–water partition coefficient (Wildman–Crippen LogP) is 5.71. The van der Waals surface area contributed by atoms with Crippen LogP contribution in [0, 0.1) is 11.3 Å². The highest BCUT2D eigenvalue weighted by Gasteiger charge is 2.65. The molecule has 4 nitrogen and oxygen atoms in total. The van der Waals surface area contributed by atoms with Crippen LogP contribution in [0.2, 0.25) is 0 Å². The van der Waals surface area contributed by atoms with Crippen molar-refractivity contribution in [2.45, 2.75) is 69.1 Å². The molecule has 33 heavy (non-hydrogen) atoms. The maximum absolute atomic E-state index is 7.38. The number of fused-ring (bicyclic) bond motifs is 2. The Kier molecular flexibility index (Phi) is 4.05. The smallest absolute Gasteiger partial charge is 0.0980 e. The summed E-state index contributed by atoms with van der Waals surface area (Å²) in [5.74, 6) is 0.503. The molecule has 1 saturated carbocycles. The molecule has 1 aromatic heterocycles. The van der Waals surface area contributed by atoms with Gasteiger partial charge in [-0.3, -0.25) is 0 Å². The summed E-state index contributed by atoms with van der Waals surface area (Å²) in [6.45, 7) is 2.49. The van der Waals surface area contributed by atoms with Gasteiger partial charge in [-0.25, -0.2) is 0 Å². The van der Waals surface area contributed by atoms with Crippen LogP contribution in [0.1, 0.15) is 57.4 Å². The van der Waals surface area contributed by atoms with Gasteiger partial charge in [0.1, 0.15) is 0 Å². The summed E-state index contributed by atoms with van der Waals surface area (Å²) in [6, 6.07) is 7.40. The van der Waals surface area contributed by atoms with Crippen molar-refractivity contribution in [2.75, 3.05) is 14.1 Å². The summed E-state index contributed by atoms with van der Waals surface area (Å²) in [4.78, 5) is 2.41. The van der Waals surface area contributed by atoms with Crippen LogP contribution in [0.15, 0.2) is 60.0 Å². The Morgan fingerprint density at radius 3 is 2.76 bits per heavy atom. The zero-order chi connectivity index (χ0) is 22.4. The highest BCUT2D eigenvalue weighted by Crippen LogP contribution is 2.67. The van der Waals surface area contributed by atoms with Crippen LogP contribution < -0.4 is 0 Å². The number of ether oxygens (including phenoxy) is 1. The molecule has 0 radical (unpaired) electrons. The third kappa shape index (κ3) is 2.60. The zero-order valence-electron chi connectivity index (χ0n) is 20.0. The van der Waals surface area contributed by atoms with Gasteiger partial charge in [-0.05, 0) is 87.4 Å². The quantitative estimate of drug-likeness (QED) is 0.601. The molecule has 2 aliphatic heterocycles. The SMILES string of the molecule is CN(C)[C@H]1CCC2=CC3=CC[C@]4(C)C(c5ccc6cnncc6c5)=CC[C@H]4C34CC[C@]2(C1)O4. The Hall–Kier alpha value is -2.30. The van der Waals surface area contributed by atoms with Gasteiger partial charge < -0.3 is 9.64 Å². The third-order valence-corrected chi connectivity index (χ3v) is 9.83. The highest BCUT2D eigenvalue weighted by atomic mass is 16.5. The van der Waals surface area contributed by atoms with Crippen molar-refractivity contribution in [3.05, 3.63) is 65.5 Å². The molecule has 3 heterocycles. The van der Waals surface area contributed by atoms with Crippen LogP contribution in [0.5, 0.6) is 0 Å². The Morgan fingerprint density at radius 1 is 1.06 bits per heavy atom. The monoisotopic (exact) mass is 439 g/mol. The van der Waals surface area contributed by atoms with E-state index in [1.165, 1.54) is 41.4 Å². The zero-order valence-corrected chi connectivity index (χ0v) is 20.0. The Balaban J connectivity index is 1.28. The van der Waals surface area contributed by atoms with Crippen molar-refractivity contribution in [2.24, 2.45) is 11.3 Å². The van der Waals surface area contributed by atoms with E-state index in [9.17, 15) is 0 Å². The van der Waals surface area contributed by atoms with Crippen molar-refractivity contribution in [1.29, 1.82) is 0 Å². The van der Waals surface area contributed by atoms with Gasteiger partial charge in [-0.15, -0.1) is 0 Å². The molecule has 5 aliphatic rings. The van der Waals surface area contributed by atoms with Crippen LogP contribution in [0.4, 0.5) is 0 Å². The first-order valence-electron chi connectivity index (χ1n) is 12.6. The first-order chi connectivity index (χ1) is 15.9. The Bertz CT molecular complexity index is 1260. The number of rotatable bonds is 2. The topological polar surface area (TPSA) is 38.2 Å². The van der Waals surface area contributed by atoms with Crippen LogP contribution >= 0.6 is 0 Å². The maximum atomic E-state index is 7.38. The first-order valence-corrected chi connectivity index (χ1v) is 12.6. The second-order valence-corrected chi connectivity index (χ2v) is 11.5. The van der Waals surface area contributed by atoms with E-state index < -0.39 is 0 Å². The van der Waals surface area contributed by atoms with Crippen molar-refractivity contribution in [3.63, 3.8) is 0 Å². The number of hydrogen-bond acceptors (Lipinski definition) is 4. The molecule has 1 aromatic carbocycles. The summed E-state index contributed by atoms with van der Waals surface area (Å²) in [7, 11) is 4.46. The lowest BCUT2D eigenvalue weighted by molar-refractivity contribution is -0.134. The van der Waals surface area contributed by atoms with E-state index in [1.807, 2.05) is 12.4 Å². The lowest BCUT2D eigenvalue weighted by atomic mass is 9.58. The maximum Gasteiger partial charge on any atom is 0.0980 e. The van der Waals surface area contributed by atoms with E-state index in [0.717, 1.165) is 31.1 Å². The Morgan fingerprint density at radius 2 is 1.91 bits per heavy atom. The fourth-order valence-corrected chi connectivity index (χ4v) is 8.01. The molecular formula is C29H33N3O. The van der Waals surface area contributed by atoms with Gasteiger partial charge in [0.25, 0.3) is 0 Å². The predicted molar refractivity (Wildman–Crippen MR) is 132 cm³/mol. The van der Waals surface area contributed by atoms with E-state index in [1.54, 1.807) is 5.57 Å². The first kappa shape index (κ1) is 20.1. The molecule has 7 rings (SSSR count). The fourth-order valence-electron chi connectivity index (χ4n) is 8.01. The molecule has 2 fully saturated rings. The normalized spacial score (nSPS) is 39.0. The molecule has 1 saturated heterocycles. The Labute approximate surface area is 196 Å². The van der Waals surface area contributed by atoms with Crippen molar-refractivity contribution < 1.29 is 4.74 Å². The minimum Gasteiger partial charge on any atom is -0.359 e. The fraction of sp³-hybridized carbons (Fsp3) is 0.517. The van der Waals surface area contributed by atoms with Gasteiger partial charge in [0.2, 0.25) is 0 Å². The van der Waals surface area contributed by atoms with E-state index >= 15 is 0 Å². The van der Waals surface area contributed by atoms with Crippen molar-refractivity contribution in [3.8, 4) is 0 Å². The number of benzene rings is 1. The van der Waals surface area contributed by atoms with E-state index in [-0.39, 0.29) is 16.6 Å². The summed E-state index contributed by atoms with van der Waals surface area (Å²) in [6.07, 6.45) is 19.5. The highest BCUT2D eigenvalue weighted by molar-refractivity contribution is 5.86. The van der Waals surface area contributed by atoms with E-state index in [2.05, 4.69) is 72.5 Å². The second-order valence-electron chi connectivity index (χ2n) is 11.5. The van der Waals surface area contributed by atoms with E-state index in [0.29, 0.717) is 12.0 Å². The van der Waals surface area contributed by atoms with Crippen molar-refractivity contribution in [1.82, 2.24) is 15.1 Å². The van der Waals surface area contributed by atoms with E-state index in [4.69, 9.17) is 4.74 Å². The average Bonchev–Trinajstić information content (AvgIpc) is 3.33. The third-order valence-electron chi connectivity index (χ3n) is 9.83.